The van der Waals surface area contributed by atoms with Crippen LogP contribution in [-0.4, -0.2) is 20.6 Å². The van der Waals surface area contributed by atoms with Gasteiger partial charge < -0.3 is 9.67 Å². The zero-order valence-corrected chi connectivity index (χ0v) is 17.6. The average Bonchev–Trinajstić information content (AvgIpc) is 3.12. The van der Waals surface area contributed by atoms with Gasteiger partial charge in [0.2, 0.25) is 0 Å². The Morgan fingerprint density at radius 1 is 1.13 bits per heavy atom. The molecule has 5 nitrogen and oxygen atoms in total. The number of nitriles is 1. The molecule has 1 N–H and O–H groups in total. The van der Waals surface area contributed by atoms with E-state index >= 15 is 0 Å². The van der Waals surface area contributed by atoms with Crippen molar-refractivity contribution in [3.8, 4) is 17.2 Å². The summed E-state index contributed by atoms with van der Waals surface area (Å²) in [6.45, 7) is 4.62. The van der Waals surface area contributed by atoms with E-state index < -0.39 is 5.97 Å². The summed E-state index contributed by atoms with van der Waals surface area (Å²) in [5.74, 6) is 0.0253. The summed E-state index contributed by atoms with van der Waals surface area (Å²) in [7, 11) is 0. The first-order chi connectivity index (χ1) is 15.0. The molecule has 0 radical (unpaired) electrons. The molecule has 0 atom stereocenters. The van der Waals surface area contributed by atoms with Gasteiger partial charge in [0.25, 0.3) is 0 Å². The molecule has 0 bridgehead atoms. The van der Waals surface area contributed by atoms with Gasteiger partial charge in [-0.05, 0) is 53.8 Å². The Balaban J connectivity index is 1.75. The van der Waals surface area contributed by atoms with Gasteiger partial charge in [0.15, 0.2) is 0 Å². The smallest absolute Gasteiger partial charge is 0.335 e. The fourth-order valence-corrected chi connectivity index (χ4v) is 3.96. The first-order valence-electron chi connectivity index (χ1n) is 10.3. The first kappa shape index (κ1) is 20.4. The van der Waals surface area contributed by atoms with Gasteiger partial charge in [0.1, 0.15) is 5.82 Å². The fraction of sp³-hybridized carbons (Fsp3) is 0.192. The van der Waals surface area contributed by atoms with Crippen molar-refractivity contribution in [1.82, 2.24) is 9.55 Å². The third-order valence-corrected chi connectivity index (χ3v) is 5.50. The van der Waals surface area contributed by atoms with E-state index in [1.807, 2.05) is 43.3 Å². The molecule has 0 unspecified atom stereocenters. The quantitative estimate of drug-likeness (QED) is 0.451. The van der Waals surface area contributed by atoms with E-state index in [0.29, 0.717) is 12.1 Å². The van der Waals surface area contributed by atoms with Crippen molar-refractivity contribution in [2.75, 3.05) is 0 Å². The summed E-state index contributed by atoms with van der Waals surface area (Å²) in [5, 5.41) is 18.9. The Morgan fingerprint density at radius 3 is 2.55 bits per heavy atom. The highest BCUT2D eigenvalue weighted by Gasteiger charge is 2.16. The Morgan fingerprint density at radius 2 is 1.87 bits per heavy atom. The number of rotatable bonds is 6. The van der Waals surface area contributed by atoms with Crippen LogP contribution in [0.15, 0.2) is 60.7 Å². The van der Waals surface area contributed by atoms with E-state index in [4.69, 9.17) is 4.98 Å². The third kappa shape index (κ3) is 3.93. The predicted molar refractivity (Wildman–Crippen MR) is 121 cm³/mol. The van der Waals surface area contributed by atoms with Crippen LogP contribution in [0.5, 0.6) is 0 Å². The maximum Gasteiger partial charge on any atom is 0.335 e. The molecule has 31 heavy (non-hydrogen) atoms. The van der Waals surface area contributed by atoms with Crippen molar-refractivity contribution in [2.24, 2.45) is 0 Å². The van der Waals surface area contributed by atoms with Crippen LogP contribution in [0.25, 0.3) is 22.2 Å². The highest BCUT2D eigenvalue weighted by molar-refractivity contribution is 5.94. The number of benzene rings is 3. The van der Waals surface area contributed by atoms with Gasteiger partial charge in [0, 0.05) is 13.0 Å². The summed E-state index contributed by atoms with van der Waals surface area (Å²) >= 11 is 0. The molecule has 154 valence electrons. The Bertz CT molecular complexity index is 1310. The minimum atomic E-state index is -0.935. The molecule has 0 saturated heterocycles. The minimum Gasteiger partial charge on any atom is -0.478 e. The van der Waals surface area contributed by atoms with E-state index in [-0.39, 0.29) is 5.56 Å². The van der Waals surface area contributed by atoms with Crippen LogP contribution in [0.4, 0.5) is 0 Å². The van der Waals surface area contributed by atoms with E-state index in [1.165, 1.54) is 0 Å². The van der Waals surface area contributed by atoms with Crippen LogP contribution in [0.2, 0.25) is 0 Å². The van der Waals surface area contributed by atoms with Gasteiger partial charge >= 0.3 is 5.97 Å². The number of hydrogen-bond acceptors (Lipinski definition) is 3. The van der Waals surface area contributed by atoms with Gasteiger partial charge in [-0.3, -0.25) is 0 Å². The summed E-state index contributed by atoms with van der Waals surface area (Å²) in [5.41, 5.74) is 6.50. The lowest BCUT2D eigenvalue weighted by Crippen LogP contribution is -2.06. The molecule has 4 rings (SSSR count). The summed E-state index contributed by atoms with van der Waals surface area (Å²) in [6.07, 6.45) is 1.78. The molecule has 0 aliphatic rings. The van der Waals surface area contributed by atoms with Crippen molar-refractivity contribution < 1.29 is 9.90 Å². The number of imidazole rings is 1. The second kappa shape index (κ2) is 8.45. The van der Waals surface area contributed by atoms with Gasteiger partial charge in [-0.1, -0.05) is 49.4 Å². The van der Waals surface area contributed by atoms with Gasteiger partial charge in [-0.15, -0.1) is 0 Å². The van der Waals surface area contributed by atoms with Crippen LogP contribution in [0.3, 0.4) is 0 Å². The first-order valence-corrected chi connectivity index (χ1v) is 10.3. The van der Waals surface area contributed by atoms with Crippen LogP contribution in [-0.2, 0) is 13.0 Å². The molecule has 0 saturated carbocycles. The van der Waals surface area contributed by atoms with Crippen molar-refractivity contribution in [3.05, 3.63) is 88.7 Å². The highest BCUT2D eigenvalue weighted by atomic mass is 16.4. The maximum absolute atomic E-state index is 11.6. The Hall–Kier alpha value is -3.91. The van der Waals surface area contributed by atoms with Gasteiger partial charge in [-0.25, -0.2) is 9.78 Å². The molecule has 1 aromatic heterocycles. The predicted octanol–water partition coefficient (Wildman–Crippen LogP) is 5.58. The van der Waals surface area contributed by atoms with Crippen LogP contribution in [0.1, 0.15) is 46.2 Å². The van der Waals surface area contributed by atoms with Gasteiger partial charge in [0.05, 0.1) is 28.2 Å². The summed E-state index contributed by atoms with van der Waals surface area (Å²) in [4.78, 5) is 16.4. The zero-order chi connectivity index (χ0) is 22.0. The normalized spacial score (nSPS) is 10.9. The number of aromatic carboxylic acids is 1. The summed E-state index contributed by atoms with van der Waals surface area (Å²) in [6, 6.07) is 21.4. The number of carbonyl (C=O) groups is 1. The number of aromatic nitrogens is 2. The molecule has 5 heteroatoms. The molecule has 0 aliphatic carbocycles. The number of nitrogens with zero attached hydrogens (tertiary/aromatic N) is 3. The van der Waals surface area contributed by atoms with Crippen LogP contribution >= 0.6 is 0 Å². The number of hydrogen-bond donors (Lipinski definition) is 1. The van der Waals surface area contributed by atoms with Crippen molar-refractivity contribution in [1.29, 1.82) is 5.26 Å². The molecular formula is C26H23N3O2. The SMILES string of the molecule is CCCc1nc2c(C)cc(C(=O)O)cc2n1Cc1ccc(-c2ccccc2C#N)cc1. The third-order valence-electron chi connectivity index (χ3n) is 5.50. The average molecular weight is 409 g/mol. The molecule has 0 fully saturated rings. The topological polar surface area (TPSA) is 78.9 Å². The lowest BCUT2D eigenvalue weighted by atomic mass is 9.99. The highest BCUT2D eigenvalue weighted by Crippen LogP contribution is 2.26. The van der Waals surface area contributed by atoms with E-state index in [9.17, 15) is 15.2 Å². The molecule has 1 heterocycles. The van der Waals surface area contributed by atoms with Crippen LogP contribution < -0.4 is 0 Å². The van der Waals surface area contributed by atoms with Crippen LogP contribution in [0, 0.1) is 18.3 Å². The molecular weight excluding hydrogens is 386 g/mol. The van der Waals surface area contributed by atoms with Crippen molar-refractivity contribution >= 4 is 17.0 Å². The lowest BCUT2D eigenvalue weighted by Gasteiger charge is -2.11. The standard InChI is InChI=1S/C26H23N3O2/c1-3-6-24-28-25-17(2)13-21(26(30)31)14-23(25)29(24)16-18-9-11-19(12-10-18)22-8-5-4-7-20(22)15-27/h4-5,7-14H,3,6,16H2,1-2H3,(H,30,31). The number of carboxylic acid groups (broad SMARTS) is 1. The molecule has 3 aromatic carbocycles. The fourth-order valence-electron chi connectivity index (χ4n) is 3.96. The Labute approximate surface area is 181 Å². The molecule has 0 aliphatic heterocycles. The lowest BCUT2D eigenvalue weighted by molar-refractivity contribution is 0.0697. The summed E-state index contributed by atoms with van der Waals surface area (Å²) < 4.78 is 2.12. The van der Waals surface area contributed by atoms with E-state index in [0.717, 1.165) is 52.0 Å². The second-order valence-electron chi connectivity index (χ2n) is 7.68. The minimum absolute atomic E-state index is 0.276. The number of aryl methyl sites for hydroxylation is 2. The van der Waals surface area contributed by atoms with Crippen molar-refractivity contribution in [3.63, 3.8) is 0 Å². The van der Waals surface area contributed by atoms with E-state index in [2.05, 4.69) is 29.7 Å². The maximum atomic E-state index is 11.6. The van der Waals surface area contributed by atoms with Gasteiger partial charge in [-0.2, -0.15) is 5.26 Å². The molecule has 0 spiro atoms. The largest absolute Gasteiger partial charge is 0.478 e. The Kier molecular flexibility index (Phi) is 5.55. The monoisotopic (exact) mass is 409 g/mol. The van der Waals surface area contributed by atoms with E-state index in [1.54, 1.807) is 12.1 Å². The molecule has 4 aromatic rings. The second-order valence-corrected chi connectivity index (χ2v) is 7.68. The van der Waals surface area contributed by atoms with Crippen molar-refractivity contribution in [2.45, 2.75) is 33.2 Å². The zero-order valence-electron chi connectivity index (χ0n) is 17.6. The molecule has 0 amide bonds. The number of fused-ring (bicyclic) bond motifs is 1. The number of carboxylic acids is 1.